The summed E-state index contributed by atoms with van der Waals surface area (Å²) in [5.41, 5.74) is 0.166. The van der Waals surface area contributed by atoms with Crippen molar-refractivity contribution in [1.82, 2.24) is 25.3 Å². The van der Waals surface area contributed by atoms with E-state index in [9.17, 15) is 14.4 Å². The van der Waals surface area contributed by atoms with Crippen molar-refractivity contribution >= 4 is 17.5 Å². The van der Waals surface area contributed by atoms with Crippen molar-refractivity contribution in [3.05, 3.63) is 11.8 Å². The van der Waals surface area contributed by atoms with E-state index in [1.54, 1.807) is 0 Å². The van der Waals surface area contributed by atoms with Gasteiger partial charge in [-0.15, -0.1) is 0 Å². The largest absolute Gasteiger partial charge is 0.379 e. The average molecular weight is 670 g/mol. The number of ether oxygens (including phenoxy) is 2. The summed E-state index contributed by atoms with van der Waals surface area (Å²) < 4.78 is 28.7. The van der Waals surface area contributed by atoms with Crippen LogP contribution in [0.3, 0.4) is 0 Å². The van der Waals surface area contributed by atoms with E-state index >= 15 is 4.39 Å². The molecule has 4 saturated carbocycles. The lowest BCUT2D eigenvalue weighted by Gasteiger charge is -2.60. The number of ketones is 2. The first-order valence-electron chi connectivity index (χ1n) is 19.3. The zero-order valence-electron chi connectivity index (χ0n) is 28.7. The number of carbonyl (C=O) groups excluding carboxylic acids is 3. The summed E-state index contributed by atoms with van der Waals surface area (Å²) in [6.07, 6.45) is 9.86. The molecule has 2 N–H and O–H groups in total. The van der Waals surface area contributed by atoms with Gasteiger partial charge >= 0.3 is 0 Å². The summed E-state index contributed by atoms with van der Waals surface area (Å²) in [5.74, 6) is 0.130. The van der Waals surface area contributed by atoms with E-state index in [1.165, 1.54) is 12.8 Å². The highest BCUT2D eigenvalue weighted by atomic mass is 19.1. The molecule has 11 heteroatoms. The van der Waals surface area contributed by atoms with E-state index in [-0.39, 0.29) is 53.7 Å². The molecule has 3 saturated heterocycles. The van der Waals surface area contributed by atoms with Crippen molar-refractivity contribution in [3.63, 3.8) is 0 Å². The predicted octanol–water partition coefficient (Wildman–Crippen LogP) is 2.31. The number of likely N-dealkylation sites (tertiary alicyclic amines) is 1. The third-order valence-electron chi connectivity index (χ3n) is 13.8. The van der Waals surface area contributed by atoms with Crippen LogP contribution in [0, 0.1) is 29.6 Å². The SMILES string of the molecule is CN1CCCC1CCNC(=O)C1=CN2C3CC4C(CC3OC3C(NCCCN5CCOCC5)C(F)CC(C1=O)C32)C(=O)C1CCCCC14. The van der Waals surface area contributed by atoms with Crippen molar-refractivity contribution in [2.45, 2.75) is 113 Å². The van der Waals surface area contributed by atoms with E-state index in [2.05, 4.69) is 32.4 Å². The Morgan fingerprint density at radius 3 is 2.60 bits per heavy atom. The molecule has 4 aliphatic heterocycles. The van der Waals surface area contributed by atoms with Gasteiger partial charge in [-0.3, -0.25) is 19.3 Å². The maximum absolute atomic E-state index is 16.3. The molecule has 7 fully saturated rings. The van der Waals surface area contributed by atoms with Crippen LogP contribution < -0.4 is 10.6 Å². The quantitative estimate of drug-likeness (QED) is 0.283. The van der Waals surface area contributed by atoms with E-state index in [0.717, 1.165) is 84.3 Å². The van der Waals surface area contributed by atoms with Gasteiger partial charge in [-0.25, -0.2) is 4.39 Å². The number of hydrogen-bond donors (Lipinski definition) is 2. The summed E-state index contributed by atoms with van der Waals surface area (Å²) in [5, 5.41) is 6.59. The standard InChI is InChI=1S/C37H56FN5O5/c1-41-12-4-6-22(41)9-11-40-37(46)28-21-43-30-19-25-23-7-2-3-8-24(23)34(44)26(25)20-31(30)48-36-32(29(38)18-27(33(36)43)35(28)45)39-10-5-13-42-14-16-47-17-15-42/h21-27,29-33,36,39H,2-20H2,1H3,(H,40,46). The van der Waals surface area contributed by atoms with Gasteiger partial charge in [0, 0.05) is 49.6 Å². The van der Waals surface area contributed by atoms with Gasteiger partial charge in [0.2, 0.25) is 0 Å². The monoisotopic (exact) mass is 669 g/mol. The summed E-state index contributed by atoms with van der Waals surface area (Å²) in [7, 11) is 2.13. The second-order valence-electron chi connectivity index (χ2n) is 16.2. The molecule has 266 valence electrons. The molecule has 0 aromatic rings. The van der Waals surface area contributed by atoms with Gasteiger partial charge in [0.15, 0.2) is 5.78 Å². The Hall–Kier alpha value is -1.92. The van der Waals surface area contributed by atoms with Crippen LogP contribution >= 0.6 is 0 Å². The van der Waals surface area contributed by atoms with Gasteiger partial charge in [0.1, 0.15) is 12.0 Å². The highest BCUT2D eigenvalue weighted by Crippen LogP contribution is 2.56. The second-order valence-corrected chi connectivity index (χ2v) is 16.2. The number of rotatable bonds is 9. The first kappa shape index (κ1) is 33.2. The van der Waals surface area contributed by atoms with Gasteiger partial charge in [0.25, 0.3) is 5.91 Å². The number of halogens is 1. The van der Waals surface area contributed by atoms with Crippen LogP contribution in [0.5, 0.6) is 0 Å². The van der Waals surface area contributed by atoms with Crippen LogP contribution in [0.2, 0.25) is 0 Å². The maximum Gasteiger partial charge on any atom is 0.256 e. The number of nitrogens with one attached hydrogen (secondary N) is 2. The minimum atomic E-state index is -1.27. The third kappa shape index (κ3) is 6.07. The van der Waals surface area contributed by atoms with Gasteiger partial charge in [-0.1, -0.05) is 12.8 Å². The normalized spacial score (nSPS) is 42.9. The lowest BCUT2D eigenvalue weighted by atomic mass is 9.66. The van der Waals surface area contributed by atoms with Crippen molar-refractivity contribution in [2.75, 3.05) is 59.5 Å². The molecule has 0 bridgehead atoms. The molecule has 12 unspecified atom stereocenters. The highest BCUT2D eigenvalue weighted by Gasteiger charge is 2.62. The molecule has 0 radical (unpaired) electrons. The second kappa shape index (κ2) is 14.0. The van der Waals surface area contributed by atoms with Crippen LogP contribution in [0.4, 0.5) is 4.39 Å². The summed E-state index contributed by atoms with van der Waals surface area (Å²) in [6.45, 7) is 6.54. The van der Waals surface area contributed by atoms with Crippen molar-refractivity contribution < 1.29 is 28.2 Å². The molecule has 0 spiro atoms. The molecule has 1 amide bonds. The first-order valence-corrected chi connectivity index (χ1v) is 19.3. The number of alkyl halides is 1. The smallest absolute Gasteiger partial charge is 0.256 e. The molecule has 8 aliphatic rings. The van der Waals surface area contributed by atoms with Crippen LogP contribution in [0.1, 0.15) is 70.6 Å². The number of Topliss-reactive ketones (excluding diaryl/α,β-unsaturated/α-hetero) is 2. The summed E-state index contributed by atoms with van der Waals surface area (Å²) in [6, 6.07) is -0.436. The number of hydrogen-bond acceptors (Lipinski definition) is 9. The topological polar surface area (TPSA) is 103 Å². The van der Waals surface area contributed by atoms with Crippen LogP contribution in [-0.4, -0.2) is 134 Å². The van der Waals surface area contributed by atoms with Gasteiger partial charge in [-0.2, -0.15) is 0 Å². The Morgan fingerprint density at radius 1 is 0.958 bits per heavy atom. The summed E-state index contributed by atoms with van der Waals surface area (Å²) in [4.78, 5) is 48.5. The third-order valence-corrected chi connectivity index (χ3v) is 13.8. The molecule has 0 aromatic heterocycles. The van der Waals surface area contributed by atoms with Gasteiger partial charge in [-0.05, 0) is 96.3 Å². The summed E-state index contributed by atoms with van der Waals surface area (Å²) >= 11 is 0. The average Bonchev–Trinajstić information content (AvgIpc) is 3.63. The Labute approximate surface area is 284 Å². The van der Waals surface area contributed by atoms with E-state index in [4.69, 9.17) is 9.47 Å². The van der Waals surface area contributed by atoms with Crippen molar-refractivity contribution in [1.29, 1.82) is 0 Å². The lowest BCUT2D eigenvalue weighted by molar-refractivity contribution is -0.206. The number of nitrogens with zero attached hydrogens (tertiary/aromatic N) is 3. The van der Waals surface area contributed by atoms with Gasteiger partial charge < -0.3 is 29.9 Å². The zero-order chi connectivity index (χ0) is 32.9. The molecule has 0 aromatic carbocycles. The predicted molar refractivity (Wildman–Crippen MR) is 178 cm³/mol. The van der Waals surface area contributed by atoms with E-state index in [1.807, 2.05) is 6.20 Å². The minimum Gasteiger partial charge on any atom is -0.379 e. The number of fused-ring (bicyclic) bond motifs is 5. The van der Waals surface area contributed by atoms with Crippen LogP contribution in [-0.2, 0) is 23.9 Å². The number of morpholine rings is 2. The molecule has 4 heterocycles. The Morgan fingerprint density at radius 2 is 1.79 bits per heavy atom. The molecule has 48 heavy (non-hydrogen) atoms. The number of amides is 1. The minimum absolute atomic E-state index is 0.00304. The van der Waals surface area contributed by atoms with Crippen molar-refractivity contribution in [3.8, 4) is 0 Å². The van der Waals surface area contributed by atoms with E-state index < -0.39 is 24.2 Å². The van der Waals surface area contributed by atoms with Crippen LogP contribution in [0.15, 0.2) is 11.8 Å². The maximum atomic E-state index is 16.3. The molecular formula is C37H56FN5O5. The first-order chi connectivity index (χ1) is 23.4. The molecule has 10 nitrogen and oxygen atoms in total. The molecule has 12 atom stereocenters. The fourth-order valence-corrected chi connectivity index (χ4v) is 11.3. The Kier molecular flexibility index (Phi) is 9.70. The molecule has 8 rings (SSSR count). The zero-order valence-corrected chi connectivity index (χ0v) is 28.7. The molecule has 4 aliphatic carbocycles. The highest BCUT2D eigenvalue weighted by molar-refractivity contribution is 6.20. The van der Waals surface area contributed by atoms with Crippen molar-refractivity contribution in [2.24, 2.45) is 29.6 Å². The Balaban J connectivity index is 1.03. The van der Waals surface area contributed by atoms with E-state index in [0.29, 0.717) is 43.2 Å². The fraction of sp³-hybridized carbons (Fsp3) is 0.865. The van der Waals surface area contributed by atoms with Gasteiger partial charge in [0.05, 0.1) is 49.1 Å². The Bertz CT molecular complexity index is 1260. The lowest BCUT2D eigenvalue weighted by Crippen LogP contribution is -2.73. The fourth-order valence-electron chi connectivity index (χ4n) is 11.3. The number of carbonyl (C=O) groups is 3. The molecular weight excluding hydrogens is 613 g/mol. The van der Waals surface area contributed by atoms with Crippen LogP contribution in [0.25, 0.3) is 0 Å².